The molecule has 1 aliphatic heterocycles. The van der Waals surface area contributed by atoms with E-state index in [1.165, 1.54) is 12.8 Å². The predicted molar refractivity (Wildman–Crippen MR) is 84.6 cm³/mol. The van der Waals surface area contributed by atoms with Crippen molar-refractivity contribution in [2.45, 2.75) is 32.2 Å². The third kappa shape index (κ3) is 2.74. The Morgan fingerprint density at radius 3 is 3.14 bits per heavy atom. The van der Waals surface area contributed by atoms with Crippen LogP contribution in [0.2, 0.25) is 0 Å². The number of nitrogens with one attached hydrogen (secondary N) is 1. The van der Waals surface area contributed by atoms with Crippen LogP contribution in [0.25, 0.3) is 11.0 Å². The van der Waals surface area contributed by atoms with E-state index >= 15 is 0 Å². The standard InChI is InChI=1S/C17H21N3O/c1-3-10-20-16-8-7-14(21-4-2)11-15(16)19-17(20)13-6-5-9-18-12-13/h1,7-8,11,13,18H,4-6,9-10,12H2,2H3. The number of benzene rings is 1. The average Bonchev–Trinajstić information content (AvgIpc) is 2.87. The Hall–Kier alpha value is -1.99. The number of terminal acetylenes is 1. The van der Waals surface area contributed by atoms with Gasteiger partial charge in [0.2, 0.25) is 0 Å². The van der Waals surface area contributed by atoms with Gasteiger partial charge in [-0.25, -0.2) is 4.98 Å². The molecule has 110 valence electrons. The quantitative estimate of drug-likeness (QED) is 0.876. The van der Waals surface area contributed by atoms with Gasteiger partial charge in [0.25, 0.3) is 0 Å². The summed E-state index contributed by atoms with van der Waals surface area (Å²) in [6, 6.07) is 6.06. The first-order chi connectivity index (χ1) is 10.3. The minimum absolute atomic E-state index is 0.440. The highest BCUT2D eigenvalue weighted by atomic mass is 16.5. The first kappa shape index (κ1) is 14.0. The molecule has 0 radical (unpaired) electrons. The van der Waals surface area contributed by atoms with Gasteiger partial charge in [0, 0.05) is 18.5 Å². The number of hydrogen-bond donors (Lipinski definition) is 1. The summed E-state index contributed by atoms with van der Waals surface area (Å²) < 4.78 is 7.74. The molecule has 1 fully saturated rings. The van der Waals surface area contributed by atoms with E-state index in [1.807, 2.05) is 19.1 Å². The molecule has 1 N–H and O–H groups in total. The monoisotopic (exact) mass is 283 g/mol. The summed E-state index contributed by atoms with van der Waals surface area (Å²) in [6.07, 6.45) is 7.90. The zero-order valence-electron chi connectivity index (χ0n) is 12.4. The van der Waals surface area contributed by atoms with Crippen LogP contribution in [-0.4, -0.2) is 29.2 Å². The molecule has 21 heavy (non-hydrogen) atoms. The molecule has 1 atom stereocenters. The number of fused-ring (bicyclic) bond motifs is 1. The molecule has 1 saturated heterocycles. The summed E-state index contributed by atoms with van der Waals surface area (Å²) in [5.41, 5.74) is 2.06. The number of ether oxygens (including phenoxy) is 1. The zero-order valence-corrected chi connectivity index (χ0v) is 12.4. The highest BCUT2D eigenvalue weighted by molar-refractivity contribution is 5.78. The number of rotatable bonds is 4. The molecule has 1 aromatic heterocycles. The molecule has 0 aliphatic carbocycles. The van der Waals surface area contributed by atoms with E-state index in [0.717, 1.165) is 35.7 Å². The van der Waals surface area contributed by atoms with Crippen LogP contribution >= 0.6 is 0 Å². The van der Waals surface area contributed by atoms with Crippen molar-refractivity contribution in [3.63, 3.8) is 0 Å². The van der Waals surface area contributed by atoms with Crippen LogP contribution in [0.4, 0.5) is 0 Å². The summed E-state index contributed by atoms with van der Waals surface area (Å²) in [4.78, 5) is 4.85. The predicted octanol–water partition coefficient (Wildman–Crippen LogP) is 2.54. The van der Waals surface area contributed by atoms with Gasteiger partial charge in [0.05, 0.1) is 24.2 Å². The molecule has 4 heteroatoms. The van der Waals surface area contributed by atoms with Gasteiger partial charge in [-0.1, -0.05) is 5.92 Å². The number of aromatic nitrogens is 2. The van der Waals surface area contributed by atoms with E-state index in [9.17, 15) is 0 Å². The van der Waals surface area contributed by atoms with Crippen LogP contribution in [0, 0.1) is 12.3 Å². The third-order valence-corrected chi connectivity index (χ3v) is 3.97. The maximum Gasteiger partial charge on any atom is 0.121 e. The van der Waals surface area contributed by atoms with Crippen LogP contribution in [0.15, 0.2) is 18.2 Å². The Bertz CT molecular complexity index is 662. The highest BCUT2D eigenvalue weighted by Crippen LogP contribution is 2.28. The van der Waals surface area contributed by atoms with Crippen molar-refractivity contribution in [1.82, 2.24) is 14.9 Å². The van der Waals surface area contributed by atoms with Gasteiger partial charge in [-0.05, 0) is 38.4 Å². The largest absolute Gasteiger partial charge is 0.494 e. The van der Waals surface area contributed by atoms with Gasteiger partial charge in [0.1, 0.15) is 11.6 Å². The Morgan fingerprint density at radius 2 is 2.43 bits per heavy atom. The van der Waals surface area contributed by atoms with E-state index in [-0.39, 0.29) is 0 Å². The molecule has 4 nitrogen and oxygen atoms in total. The van der Waals surface area contributed by atoms with Gasteiger partial charge >= 0.3 is 0 Å². The minimum Gasteiger partial charge on any atom is -0.494 e. The normalized spacial score (nSPS) is 18.6. The van der Waals surface area contributed by atoms with Crippen molar-refractivity contribution in [2.75, 3.05) is 19.7 Å². The lowest BCUT2D eigenvalue weighted by Gasteiger charge is -2.22. The molecule has 2 aromatic rings. The summed E-state index contributed by atoms with van der Waals surface area (Å²) in [5.74, 6) is 5.16. The molecule has 0 bridgehead atoms. The summed E-state index contributed by atoms with van der Waals surface area (Å²) in [6.45, 7) is 5.29. The maximum atomic E-state index is 5.57. The highest BCUT2D eigenvalue weighted by Gasteiger charge is 2.22. The Labute approximate surface area is 125 Å². The van der Waals surface area contributed by atoms with Gasteiger partial charge in [-0.2, -0.15) is 0 Å². The van der Waals surface area contributed by atoms with E-state index < -0.39 is 0 Å². The summed E-state index contributed by atoms with van der Waals surface area (Å²) >= 11 is 0. The lowest BCUT2D eigenvalue weighted by Crippen LogP contribution is -2.30. The van der Waals surface area contributed by atoms with Crippen molar-refractivity contribution in [2.24, 2.45) is 0 Å². The van der Waals surface area contributed by atoms with Crippen LogP contribution in [0.1, 0.15) is 31.5 Å². The summed E-state index contributed by atoms with van der Waals surface area (Å²) in [5, 5.41) is 3.45. The third-order valence-electron chi connectivity index (χ3n) is 3.97. The number of nitrogens with zero attached hydrogens (tertiary/aromatic N) is 2. The first-order valence-corrected chi connectivity index (χ1v) is 7.60. The van der Waals surface area contributed by atoms with Gasteiger partial charge in [0.15, 0.2) is 0 Å². The van der Waals surface area contributed by atoms with Crippen molar-refractivity contribution in [3.8, 4) is 18.1 Å². The molecule has 1 aromatic carbocycles. The van der Waals surface area contributed by atoms with Crippen LogP contribution in [0.5, 0.6) is 5.75 Å². The minimum atomic E-state index is 0.440. The molecule has 0 amide bonds. The lowest BCUT2D eigenvalue weighted by atomic mass is 9.99. The Balaban J connectivity index is 2.05. The van der Waals surface area contributed by atoms with E-state index in [1.54, 1.807) is 0 Å². The van der Waals surface area contributed by atoms with Gasteiger partial charge in [-0.3, -0.25) is 0 Å². The lowest BCUT2D eigenvalue weighted by molar-refractivity contribution is 0.340. The van der Waals surface area contributed by atoms with E-state index in [0.29, 0.717) is 19.1 Å². The second-order valence-electron chi connectivity index (χ2n) is 5.39. The Morgan fingerprint density at radius 1 is 1.52 bits per heavy atom. The zero-order chi connectivity index (χ0) is 14.7. The number of imidazole rings is 1. The molecular formula is C17H21N3O. The number of piperidine rings is 1. The van der Waals surface area contributed by atoms with E-state index in [4.69, 9.17) is 16.1 Å². The van der Waals surface area contributed by atoms with E-state index in [2.05, 4.69) is 21.9 Å². The molecule has 3 rings (SSSR count). The topological polar surface area (TPSA) is 39.1 Å². The fraction of sp³-hybridized carbons (Fsp3) is 0.471. The first-order valence-electron chi connectivity index (χ1n) is 7.60. The van der Waals surface area contributed by atoms with Crippen LogP contribution in [-0.2, 0) is 6.54 Å². The fourth-order valence-corrected chi connectivity index (χ4v) is 3.03. The van der Waals surface area contributed by atoms with Crippen molar-refractivity contribution in [1.29, 1.82) is 0 Å². The molecule has 2 heterocycles. The molecule has 0 spiro atoms. The smallest absolute Gasteiger partial charge is 0.121 e. The maximum absolute atomic E-state index is 5.57. The fourth-order valence-electron chi connectivity index (χ4n) is 3.03. The van der Waals surface area contributed by atoms with Crippen molar-refractivity contribution >= 4 is 11.0 Å². The summed E-state index contributed by atoms with van der Waals surface area (Å²) in [7, 11) is 0. The Kier molecular flexibility index (Phi) is 4.12. The molecule has 1 aliphatic rings. The van der Waals surface area contributed by atoms with Gasteiger partial charge in [-0.15, -0.1) is 6.42 Å². The number of hydrogen-bond acceptors (Lipinski definition) is 3. The molecule has 0 saturated carbocycles. The van der Waals surface area contributed by atoms with Crippen LogP contribution in [0.3, 0.4) is 0 Å². The molecular weight excluding hydrogens is 262 g/mol. The second-order valence-corrected chi connectivity index (χ2v) is 5.39. The van der Waals surface area contributed by atoms with Crippen molar-refractivity contribution < 1.29 is 4.74 Å². The van der Waals surface area contributed by atoms with Gasteiger partial charge < -0.3 is 14.6 Å². The van der Waals surface area contributed by atoms with Crippen molar-refractivity contribution in [3.05, 3.63) is 24.0 Å². The average molecular weight is 283 g/mol. The second kappa shape index (κ2) is 6.19. The molecule has 1 unspecified atom stereocenters. The SMILES string of the molecule is C#CCn1c(C2CCCNC2)nc2cc(OCC)ccc21. The van der Waals surface area contributed by atoms with Crippen LogP contribution < -0.4 is 10.1 Å².